The van der Waals surface area contributed by atoms with Crippen LogP contribution in [0.25, 0.3) is 0 Å². The van der Waals surface area contributed by atoms with E-state index in [0.29, 0.717) is 17.7 Å². The van der Waals surface area contributed by atoms with Gasteiger partial charge >= 0.3 is 6.18 Å². The molecule has 0 fully saturated rings. The highest BCUT2D eigenvalue weighted by Crippen LogP contribution is 2.33. The van der Waals surface area contributed by atoms with Gasteiger partial charge in [0.2, 0.25) is 5.75 Å². The lowest BCUT2D eigenvalue weighted by atomic mass is 10.1. The third-order valence-corrected chi connectivity index (χ3v) is 5.48. The highest BCUT2D eigenvalue weighted by atomic mass is 19.4. The summed E-state index contributed by atoms with van der Waals surface area (Å²) in [5.41, 5.74) is -0.693. The average molecular weight is 527 g/mol. The molecule has 0 radical (unpaired) electrons. The van der Waals surface area contributed by atoms with Gasteiger partial charge in [0, 0.05) is 6.54 Å². The Bertz CT molecular complexity index is 1420. The van der Waals surface area contributed by atoms with Crippen LogP contribution in [-0.4, -0.2) is 26.1 Å². The van der Waals surface area contributed by atoms with Crippen molar-refractivity contribution in [2.24, 2.45) is 0 Å². The fourth-order valence-corrected chi connectivity index (χ4v) is 3.60. The van der Waals surface area contributed by atoms with Crippen LogP contribution in [0.5, 0.6) is 11.6 Å². The number of halogens is 4. The standard InChI is InChI=1S/C27H21F4N3O4/c28-20-12-11-17(13-19(20)27(29,30)31)14-32-25(36)21-22(35)26(37)34-24(33-21)23(18-9-5-2-6-10-18)38-15-16-7-3-1-4-8-16/h1-13,23,35H,14-15H2,(H,32,36)(H,33,34,37). The van der Waals surface area contributed by atoms with Crippen LogP contribution in [0, 0.1) is 5.82 Å². The molecule has 0 saturated carbocycles. The number of hydrogen-bond donors (Lipinski definition) is 3. The van der Waals surface area contributed by atoms with Crippen LogP contribution in [0.2, 0.25) is 0 Å². The first-order valence-electron chi connectivity index (χ1n) is 11.3. The molecule has 196 valence electrons. The second-order valence-electron chi connectivity index (χ2n) is 8.18. The summed E-state index contributed by atoms with van der Waals surface area (Å²) in [5.74, 6) is -4.39. The minimum absolute atomic E-state index is 0.0431. The van der Waals surface area contributed by atoms with Crippen molar-refractivity contribution in [3.8, 4) is 11.6 Å². The predicted octanol–water partition coefficient (Wildman–Crippen LogP) is 5.28. The maximum Gasteiger partial charge on any atom is 0.419 e. The minimum Gasteiger partial charge on any atom is -0.501 e. The number of alkyl halides is 3. The van der Waals surface area contributed by atoms with E-state index in [-0.39, 0.29) is 18.0 Å². The average Bonchev–Trinajstić information content (AvgIpc) is 2.90. The number of carbonyl (C=O) groups is 1. The number of nitrogens with zero attached hydrogens (tertiary/aromatic N) is 2. The zero-order valence-corrected chi connectivity index (χ0v) is 19.6. The van der Waals surface area contributed by atoms with E-state index in [9.17, 15) is 32.6 Å². The summed E-state index contributed by atoms with van der Waals surface area (Å²) in [6, 6.07) is 20.2. The number of ether oxygens (including phenoxy) is 1. The number of aromatic nitrogens is 2. The molecule has 7 nitrogen and oxygen atoms in total. The molecule has 4 rings (SSSR count). The molecule has 1 atom stereocenters. The van der Waals surface area contributed by atoms with Gasteiger partial charge in [0.1, 0.15) is 11.9 Å². The Kier molecular flexibility index (Phi) is 7.87. The highest BCUT2D eigenvalue weighted by Gasteiger charge is 2.34. The molecule has 1 heterocycles. The predicted molar refractivity (Wildman–Crippen MR) is 127 cm³/mol. The molecule has 0 aliphatic rings. The van der Waals surface area contributed by atoms with Crippen LogP contribution < -0.4 is 5.32 Å². The summed E-state index contributed by atoms with van der Waals surface area (Å²) in [6.07, 6.45) is -5.86. The van der Waals surface area contributed by atoms with Crippen LogP contribution in [0.4, 0.5) is 17.6 Å². The molecule has 0 bridgehead atoms. The van der Waals surface area contributed by atoms with E-state index in [0.717, 1.165) is 11.6 Å². The van der Waals surface area contributed by atoms with Crippen molar-refractivity contribution in [3.05, 3.63) is 118 Å². The second kappa shape index (κ2) is 11.3. The van der Waals surface area contributed by atoms with Gasteiger partial charge in [-0.25, -0.2) is 9.37 Å². The van der Waals surface area contributed by atoms with E-state index in [4.69, 9.17) is 4.74 Å². The molecule has 0 aliphatic heterocycles. The fraction of sp³-hybridized carbons (Fsp3) is 0.148. The highest BCUT2D eigenvalue weighted by molar-refractivity contribution is 5.95. The van der Waals surface area contributed by atoms with Gasteiger partial charge in [-0.2, -0.15) is 18.2 Å². The monoisotopic (exact) mass is 527 g/mol. The van der Waals surface area contributed by atoms with Gasteiger partial charge in [0.25, 0.3) is 11.8 Å². The van der Waals surface area contributed by atoms with Crippen LogP contribution in [-0.2, 0) is 24.1 Å². The summed E-state index contributed by atoms with van der Waals surface area (Å²) < 4.78 is 58.6. The number of nitrogens with one attached hydrogen (secondary N) is 1. The van der Waals surface area contributed by atoms with E-state index in [1.54, 1.807) is 30.3 Å². The van der Waals surface area contributed by atoms with Gasteiger partial charge in [-0.1, -0.05) is 66.7 Å². The first-order chi connectivity index (χ1) is 18.1. The molecule has 3 N–H and O–H groups in total. The summed E-state index contributed by atoms with van der Waals surface area (Å²) in [5, 5.41) is 22.8. The summed E-state index contributed by atoms with van der Waals surface area (Å²) in [4.78, 5) is 20.8. The lowest BCUT2D eigenvalue weighted by Crippen LogP contribution is -2.25. The van der Waals surface area contributed by atoms with E-state index < -0.39 is 53.4 Å². The Balaban J connectivity index is 1.60. The van der Waals surface area contributed by atoms with Crippen LogP contribution >= 0.6 is 0 Å². The van der Waals surface area contributed by atoms with E-state index >= 15 is 0 Å². The zero-order valence-electron chi connectivity index (χ0n) is 19.6. The molecule has 0 aliphatic carbocycles. The van der Waals surface area contributed by atoms with E-state index in [1.807, 2.05) is 30.3 Å². The van der Waals surface area contributed by atoms with E-state index in [2.05, 4.69) is 15.3 Å². The van der Waals surface area contributed by atoms with Crippen LogP contribution in [0.15, 0.2) is 78.9 Å². The quantitative estimate of drug-likeness (QED) is 0.269. The molecule has 0 saturated heterocycles. The Morgan fingerprint density at radius 2 is 1.58 bits per heavy atom. The number of carbonyl (C=O) groups excluding carboxylic acids is 1. The Morgan fingerprint density at radius 1 is 0.921 bits per heavy atom. The maximum absolute atomic E-state index is 13.6. The zero-order chi connectivity index (χ0) is 27.3. The number of benzene rings is 3. The lowest BCUT2D eigenvalue weighted by Gasteiger charge is -2.19. The first-order valence-corrected chi connectivity index (χ1v) is 11.3. The number of amides is 1. The number of rotatable bonds is 8. The molecule has 1 unspecified atom stereocenters. The van der Waals surface area contributed by atoms with Crippen molar-refractivity contribution in [1.29, 1.82) is 0 Å². The molecule has 4 aromatic rings. The van der Waals surface area contributed by atoms with Gasteiger partial charge in [0.15, 0.2) is 11.5 Å². The maximum atomic E-state index is 13.6. The van der Waals surface area contributed by atoms with Crippen molar-refractivity contribution >= 4 is 5.91 Å². The van der Waals surface area contributed by atoms with Crippen LogP contribution in [0.3, 0.4) is 0 Å². The topological polar surface area (TPSA) is 105 Å². The molecule has 11 heteroatoms. The Labute approximate surface area is 214 Å². The third-order valence-electron chi connectivity index (χ3n) is 5.48. The van der Waals surface area contributed by atoms with Gasteiger partial charge in [-0.05, 0) is 28.8 Å². The molecular formula is C27H21F4N3O4. The molecule has 38 heavy (non-hydrogen) atoms. The minimum atomic E-state index is -4.91. The second-order valence-corrected chi connectivity index (χ2v) is 8.18. The summed E-state index contributed by atoms with van der Waals surface area (Å²) in [6.45, 7) is -0.298. The van der Waals surface area contributed by atoms with Crippen molar-refractivity contribution < 1.29 is 37.3 Å². The molecular weight excluding hydrogens is 506 g/mol. The SMILES string of the molecule is O=C(NCc1ccc(F)c(C(F)(F)F)c1)c1nc(C(OCc2ccccc2)c2ccccc2)nc(O)c1O. The van der Waals surface area contributed by atoms with E-state index in [1.165, 1.54) is 0 Å². The molecule has 1 amide bonds. The largest absolute Gasteiger partial charge is 0.501 e. The molecule has 0 spiro atoms. The van der Waals surface area contributed by atoms with Gasteiger partial charge in [-0.15, -0.1) is 0 Å². The molecule has 3 aromatic carbocycles. The first kappa shape index (κ1) is 26.6. The number of aromatic hydroxyl groups is 2. The lowest BCUT2D eigenvalue weighted by molar-refractivity contribution is -0.140. The fourth-order valence-electron chi connectivity index (χ4n) is 3.60. The third kappa shape index (κ3) is 6.24. The molecule has 1 aromatic heterocycles. The van der Waals surface area contributed by atoms with Crippen molar-refractivity contribution in [3.63, 3.8) is 0 Å². The van der Waals surface area contributed by atoms with Crippen LogP contribution in [0.1, 0.15) is 44.7 Å². The Morgan fingerprint density at radius 3 is 2.24 bits per heavy atom. The van der Waals surface area contributed by atoms with Gasteiger partial charge in [-0.3, -0.25) is 4.79 Å². The van der Waals surface area contributed by atoms with Crippen molar-refractivity contribution in [2.45, 2.75) is 25.4 Å². The summed E-state index contributed by atoms with van der Waals surface area (Å²) >= 11 is 0. The Hall–Kier alpha value is -4.51. The smallest absolute Gasteiger partial charge is 0.419 e. The number of hydrogen-bond acceptors (Lipinski definition) is 6. The normalized spacial score (nSPS) is 12.2. The van der Waals surface area contributed by atoms with Crippen molar-refractivity contribution in [1.82, 2.24) is 15.3 Å². The summed E-state index contributed by atoms with van der Waals surface area (Å²) in [7, 11) is 0. The van der Waals surface area contributed by atoms with Gasteiger partial charge < -0.3 is 20.3 Å². The van der Waals surface area contributed by atoms with Crippen molar-refractivity contribution in [2.75, 3.05) is 0 Å². The van der Waals surface area contributed by atoms with Gasteiger partial charge in [0.05, 0.1) is 12.2 Å².